The lowest BCUT2D eigenvalue weighted by molar-refractivity contribution is -0.144. The van der Waals surface area contributed by atoms with Crippen LogP contribution in [0.1, 0.15) is 121 Å². The number of carbonyl (C=O) groups is 3. The zero-order valence-corrected chi connectivity index (χ0v) is 26.9. The molecule has 3 N–H and O–H groups in total. The molecule has 0 aromatic carbocycles. The summed E-state index contributed by atoms with van der Waals surface area (Å²) in [6.07, 6.45) is 5.43. The van der Waals surface area contributed by atoms with Gasteiger partial charge in [0, 0.05) is 25.3 Å². The van der Waals surface area contributed by atoms with Crippen molar-refractivity contribution in [2.45, 2.75) is 132 Å². The standard InChI is InChI=1S/C30H58N2O5S/c1-11-29(12-2,26(36)32-23(25(34)35)21-38-22-28(8,9)10)18-20-37-30(13-3,14-4)17-19-31-24(33)15-16-27(5,6)7/h23H,11-22H2,1-10H3,(H,31,33)(H,32,36)(H,34,35)/t23-/m1/s1. The van der Waals surface area contributed by atoms with E-state index >= 15 is 0 Å². The molecule has 0 saturated carbocycles. The van der Waals surface area contributed by atoms with Gasteiger partial charge in [0.15, 0.2) is 0 Å². The highest BCUT2D eigenvalue weighted by Gasteiger charge is 2.38. The molecular formula is C30H58N2O5S. The van der Waals surface area contributed by atoms with Gasteiger partial charge in [-0.1, -0.05) is 69.2 Å². The van der Waals surface area contributed by atoms with Crippen LogP contribution < -0.4 is 10.6 Å². The van der Waals surface area contributed by atoms with Crippen LogP contribution in [0, 0.1) is 16.2 Å². The van der Waals surface area contributed by atoms with Crippen LogP contribution in [0.15, 0.2) is 0 Å². The molecule has 7 nitrogen and oxygen atoms in total. The fourth-order valence-electron chi connectivity index (χ4n) is 4.36. The summed E-state index contributed by atoms with van der Waals surface area (Å²) in [7, 11) is 0. The summed E-state index contributed by atoms with van der Waals surface area (Å²) < 4.78 is 6.44. The second kappa shape index (κ2) is 16.7. The van der Waals surface area contributed by atoms with E-state index in [-0.39, 0.29) is 28.2 Å². The molecular weight excluding hydrogens is 500 g/mol. The summed E-state index contributed by atoms with van der Waals surface area (Å²) >= 11 is 1.56. The molecule has 1 atom stereocenters. The monoisotopic (exact) mass is 558 g/mol. The molecule has 0 radical (unpaired) electrons. The molecule has 0 rings (SSSR count). The van der Waals surface area contributed by atoms with Crippen LogP contribution >= 0.6 is 11.8 Å². The minimum atomic E-state index is -1.00. The van der Waals surface area contributed by atoms with E-state index < -0.39 is 17.4 Å². The van der Waals surface area contributed by atoms with E-state index in [1.165, 1.54) is 0 Å². The SMILES string of the molecule is CCC(CC)(CCNC(=O)CCC(C)(C)C)OCCC(CC)(CC)C(=O)N[C@H](CSCC(C)(C)C)C(=O)O. The fraction of sp³-hybridized carbons (Fsp3) is 0.900. The Hall–Kier alpha value is -1.28. The third-order valence-corrected chi connectivity index (χ3v) is 9.18. The van der Waals surface area contributed by atoms with Crippen molar-refractivity contribution in [2.24, 2.45) is 16.2 Å². The minimum absolute atomic E-state index is 0.0716. The molecule has 0 saturated heterocycles. The van der Waals surface area contributed by atoms with Crippen LogP contribution in [0.4, 0.5) is 0 Å². The highest BCUT2D eigenvalue weighted by Crippen LogP contribution is 2.34. The molecule has 38 heavy (non-hydrogen) atoms. The number of rotatable bonds is 19. The molecule has 0 aromatic rings. The quantitative estimate of drug-likeness (QED) is 0.169. The summed E-state index contributed by atoms with van der Waals surface area (Å²) in [4.78, 5) is 37.5. The zero-order chi connectivity index (χ0) is 29.6. The third kappa shape index (κ3) is 14.2. The smallest absolute Gasteiger partial charge is 0.327 e. The predicted octanol–water partition coefficient (Wildman–Crippen LogP) is 6.44. The Labute approximate surface area is 237 Å². The minimum Gasteiger partial charge on any atom is -0.480 e. The summed E-state index contributed by atoms with van der Waals surface area (Å²) in [6, 6.07) is -0.916. The Kier molecular flexibility index (Phi) is 16.2. The van der Waals surface area contributed by atoms with E-state index in [0.717, 1.165) is 25.0 Å². The van der Waals surface area contributed by atoms with Gasteiger partial charge in [0.1, 0.15) is 6.04 Å². The maximum atomic E-state index is 13.4. The molecule has 0 aliphatic carbocycles. The number of carboxylic acid groups (broad SMARTS) is 1. The molecule has 0 fully saturated rings. The van der Waals surface area contributed by atoms with Crippen LogP contribution in [0.3, 0.4) is 0 Å². The number of carboxylic acids is 1. The number of amides is 2. The van der Waals surface area contributed by atoms with Gasteiger partial charge in [-0.15, -0.1) is 0 Å². The van der Waals surface area contributed by atoms with Crippen molar-refractivity contribution in [1.82, 2.24) is 10.6 Å². The number of thioether (sulfide) groups is 1. The van der Waals surface area contributed by atoms with Crippen molar-refractivity contribution < 1.29 is 24.2 Å². The lowest BCUT2D eigenvalue weighted by Crippen LogP contribution is -2.50. The maximum Gasteiger partial charge on any atom is 0.327 e. The third-order valence-electron chi connectivity index (χ3n) is 7.54. The van der Waals surface area contributed by atoms with E-state index in [9.17, 15) is 19.5 Å². The molecule has 0 bridgehead atoms. The summed E-state index contributed by atoms with van der Waals surface area (Å²) in [5.41, 5.74) is -0.832. The predicted molar refractivity (Wildman–Crippen MR) is 160 cm³/mol. The van der Waals surface area contributed by atoms with E-state index in [0.29, 0.717) is 51.0 Å². The Bertz CT molecular complexity index is 719. The van der Waals surface area contributed by atoms with Gasteiger partial charge in [-0.05, 0) is 61.5 Å². The van der Waals surface area contributed by atoms with E-state index in [2.05, 4.69) is 66.0 Å². The van der Waals surface area contributed by atoms with Gasteiger partial charge < -0.3 is 20.5 Å². The first-order valence-electron chi connectivity index (χ1n) is 14.5. The van der Waals surface area contributed by atoms with Crippen molar-refractivity contribution in [2.75, 3.05) is 24.7 Å². The normalized spacial score (nSPS) is 13.7. The van der Waals surface area contributed by atoms with Crippen LogP contribution in [-0.2, 0) is 19.1 Å². The Morgan fingerprint density at radius 1 is 0.842 bits per heavy atom. The number of nitrogens with one attached hydrogen (secondary N) is 2. The molecule has 0 heterocycles. The Balaban J connectivity index is 5.11. The number of ether oxygens (including phenoxy) is 1. The lowest BCUT2D eigenvalue weighted by Gasteiger charge is -2.36. The number of hydrogen-bond acceptors (Lipinski definition) is 5. The molecule has 0 unspecified atom stereocenters. The van der Waals surface area contributed by atoms with Gasteiger partial charge in [0.05, 0.1) is 11.0 Å². The first-order valence-corrected chi connectivity index (χ1v) is 15.7. The molecule has 0 aromatic heterocycles. The average Bonchev–Trinajstić information content (AvgIpc) is 2.82. The van der Waals surface area contributed by atoms with Crippen LogP contribution in [0.5, 0.6) is 0 Å². The molecule has 0 aliphatic rings. The number of aliphatic carboxylic acids is 1. The number of carbonyl (C=O) groups excluding carboxylic acids is 2. The zero-order valence-electron chi connectivity index (χ0n) is 26.1. The van der Waals surface area contributed by atoms with Crippen LogP contribution in [0.25, 0.3) is 0 Å². The Morgan fingerprint density at radius 3 is 1.87 bits per heavy atom. The van der Waals surface area contributed by atoms with Gasteiger partial charge in [-0.2, -0.15) is 11.8 Å². The second-order valence-electron chi connectivity index (χ2n) is 13.1. The molecule has 8 heteroatoms. The summed E-state index contributed by atoms with van der Waals surface area (Å²) in [5, 5.41) is 15.6. The van der Waals surface area contributed by atoms with Gasteiger partial charge in [0.2, 0.25) is 11.8 Å². The molecule has 0 spiro atoms. The van der Waals surface area contributed by atoms with Gasteiger partial charge in [-0.3, -0.25) is 9.59 Å². The van der Waals surface area contributed by atoms with Crippen molar-refractivity contribution in [3.05, 3.63) is 0 Å². The van der Waals surface area contributed by atoms with Crippen molar-refractivity contribution in [3.8, 4) is 0 Å². The largest absolute Gasteiger partial charge is 0.480 e. The van der Waals surface area contributed by atoms with Gasteiger partial charge in [-0.25, -0.2) is 4.79 Å². The van der Waals surface area contributed by atoms with E-state index in [4.69, 9.17) is 4.74 Å². The highest BCUT2D eigenvalue weighted by atomic mass is 32.2. The summed E-state index contributed by atoms with van der Waals surface area (Å²) in [5.74, 6) is 0.0224. The fourth-order valence-corrected chi connectivity index (χ4v) is 5.55. The topological polar surface area (TPSA) is 105 Å². The maximum absolute atomic E-state index is 13.4. The highest BCUT2D eigenvalue weighted by molar-refractivity contribution is 7.99. The second-order valence-corrected chi connectivity index (χ2v) is 14.1. The van der Waals surface area contributed by atoms with Crippen LogP contribution in [-0.4, -0.2) is 59.2 Å². The average molecular weight is 559 g/mol. The van der Waals surface area contributed by atoms with Crippen molar-refractivity contribution >= 4 is 29.5 Å². The summed E-state index contributed by atoms with van der Waals surface area (Å²) in [6.45, 7) is 21.9. The first kappa shape index (κ1) is 36.7. The molecule has 2 amide bonds. The van der Waals surface area contributed by atoms with Crippen molar-refractivity contribution in [3.63, 3.8) is 0 Å². The molecule has 224 valence electrons. The van der Waals surface area contributed by atoms with Crippen LogP contribution in [0.2, 0.25) is 0 Å². The van der Waals surface area contributed by atoms with E-state index in [1.807, 2.05) is 13.8 Å². The molecule has 0 aliphatic heterocycles. The number of hydrogen-bond donors (Lipinski definition) is 3. The van der Waals surface area contributed by atoms with E-state index in [1.54, 1.807) is 11.8 Å². The van der Waals surface area contributed by atoms with Crippen molar-refractivity contribution in [1.29, 1.82) is 0 Å². The van der Waals surface area contributed by atoms with Gasteiger partial charge >= 0.3 is 5.97 Å². The first-order chi connectivity index (χ1) is 17.5. The lowest BCUT2D eigenvalue weighted by atomic mass is 9.78. The van der Waals surface area contributed by atoms with Gasteiger partial charge in [0.25, 0.3) is 0 Å². The Morgan fingerprint density at radius 2 is 1.42 bits per heavy atom.